The van der Waals surface area contributed by atoms with Gasteiger partial charge < -0.3 is 20.9 Å². The van der Waals surface area contributed by atoms with Crippen molar-refractivity contribution in [1.82, 2.24) is 4.98 Å². The summed E-state index contributed by atoms with van der Waals surface area (Å²) in [5, 5.41) is 8.36. The fourth-order valence-electron chi connectivity index (χ4n) is 3.78. The highest BCUT2D eigenvalue weighted by Gasteiger charge is 2.39. The molecule has 5 nitrogen and oxygen atoms in total. The monoisotopic (exact) mass is 347 g/mol. The highest BCUT2D eigenvalue weighted by molar-refractivity contribution is 6.20. The SMILES string of the molecule is CC1(C)c2cc(OCCN)ccc2C(=O)c2c1[nH]c1cc(C=N)ccc21. The lowest BCUT2D eigenvalue weighted by atomic mass is 9.71. The zero-order valence-corrected chi connectivity index (χ0v) is 14.8. The van der Waals surface area contributed by atoms with E-state index in [1.165, 1.54) is 6.21 Å². The van der Waals surface area contributed by atoms with E-state index in [1.54, 1.807) is 0 Å². The summed E-state index contributed by atoms with van der Waals surface area (Å²) in [7, 11) is 0. The molecule has 1 aliphatic rings. The van der Waals surface area contributed by atoms with E-state index in [-0.39, 0.29) is 11.2 Å². The van der Waals surface area contributed by atoms with Gasteiger partial charge in [0, 0.05) is 40.3 Å². The fraction of sp³-hybridized carbons (Fsp3) is 0.238. The molecular weight excluding hydrogens is 326 g/mol. The van der Waals surface area contributed by atoms with Crippen LogP contribution in [-0.4, -0.2) is 30.1 Å². The Balaban J connectivity index is 1.93. The van der Waals surface area contributed by atoms with Crippen LogP contribution in [-0.2, 0) is 5.41 Å². The highest BCUT2D eigenvalue weighted by atomic mass is 16.5. The zero-order chi connectivity index (χ0) is 18.5. The molecule has 0 fully saturated rings. The molecule has 0 saturated heterocycles. The van der Waals surface area contributed by atoms with Gasteiger partial charge in [-0.25, -0.2) is 0 Å². The molecule has 3 aromatic rings. The maximum Gasteiger partial charge on any atom is 0.195 e. The maximum absolute atomic E-state index is 13.2. The highest BCUT2D eigenvalue weighted by Crippen LogP contribution is 2.44. The van der Waals surface area contributed by atoms with E-state index >= 15 is 0 Å². The molecule has 0 spiro atoms. The summed E-state index contributed by atoms with van der Waals surface area (Å²) in [5.41, 5.74) is 10.1. The minimum atomic E-state index is -0.371. The van der Waals surface area contributed by atoms with Crippen LogP contribution in [0.4, 0.5) is 0 Å². The normalized spacial score (nSPS) is 14.8. The molecule has 0 radical (unpaired) electrons. The number of hydrogen-bond acceptors (Lipinski definition) is 4. The number of fused-ring (bicyclic) bond motifs is 4. The number of carbonyl (C=O) groups excluding carboxylic acids is 1. The van der Waals surface area contributed by atoms with Crippen LogP contribution in [0.25, 0.3) is 10.9 Å². The Hall–Kier alpha value is -2.92. The van der Waals surface area contributed by atoms with Crippen molar-refractivity contribution < 1.29 is 9.53 Å². The van der Waals surface area contributed by atoms with E-state index in [4.69, 9.17) is 15.9 Å². The van der Waals surface area contributed by atoms with Gasteiger partial charge in [0.15, 0.2) is 5.78 Å². The summed E-state index contributed by atoms with van der Waals surface area (Å²) in [6.45, 7) is 5.10. The van der Waals surface area contributed by atoms with Crippen molar-refractivity contribution >= 4 is 22.9 Å². The average molecular weight is 347 g/mol. The lowest BCUT2D eigenvalue weighted by Crippen LogP contribution is -2.30. The van der Waals surface area contributed by atoms with Gasteiger partial charge in [0.2, 0.25) is 0 Å². The van der Waals surface area contributed by atoms with Crippen LogP contribution in [0.2, 0.25) is 0 Å². The van der Waals surface area contributed by atoms with E-state index in [9.17, 15) is 4.79 Å². The van der Waals surface area contributed by atoms with Gasteiger partial charge in [-0.3, -0.25) is 4.79 Å². The van der Waals surface area contributed by atoms with Crippen LogP contribution in [0.3, 0.4) is 0 Å². The van der Waals surface area contributed by atoms with Crippen LogP contribution >= 0.6 is 0 Å². The smallest absolute Gasteiger partial charge is 0.195 e. The number of nitrogens with one attached hydrogen (secondary N) is 2. The second-order valence-electron chi connectivity index (χ2n) is 7.12. The molecule has 0 bridgehead atoms. The van der Waals surface area contributed by atoms with Gasteiger partial charge in [0.1, 0.15) is 12.4 Å². The lowest BCUT2D eigenvalue weighted by molar-refractivity contribution is 0.103. The third-order valence-corrected chi connectivity index (χ3v) is 5.14. The number of aromatic nitrogens is 1. The van der Waals surface area contributed by atoms with Gasteiger partial charge in [-0.2, -0.15) is 0 Å². The number of carbonyl (C=O) groups is 1. The van der Waals surface area contributed by atoms with E-state index < -0.39 is 0 Å². The summed E-state index contributed by atoms with van der Waals surface area (Å²) in [4.78, 5) is 16.7. The first-order chi connectivity index (χ1) is 12.5. The number of aromatic amines is 1. The van der Waals surface area contributed by atoms with Crippen molar-refractivity contribution in [3.63, 3.8) is 0 Å². The minimum absolute atomic E-state index is 0.0218. The van der Waals surface area contributed by atoms with Gasteiger partial charge in [-0.15, -0.1) is 0 Å². The fourth-order valence-corrected chi connectivity index (χ4v) is 3.78. The van der Waals surface area contributed by atoms with E-state index in [0.717, 1.165) is 39.0 Å². The molecular formula is C21H21N3O2. The van der Waals surface area contributed by atoms with Crippen molar-refractivity contribution in [2.75, 3.05) is 13.2 Å². The first-order valence-corrected chi connectivity index (χ1v) is 8.66. The van der Waals surface area contributed by atoms with Crippen LogP contribution in [0.5, 0.6) is 5.75 Å². The number of ether oxygens (including phenoxy) is 1. The Labute approximate surface area is 151 Å². The quantitative estimate of drug-likeness (QED) is 0.632. The summed E-state index contributed by atoms with van der Waals surface area (Å²) < 4.78 is 5.66. The molecule has 0 atom stereocenters. The molecule has 1 heterocycles. The second kappa shape index (κ2) is 5.81. The van der Waals surface area contributed by atoms with Gasteiger partial charge in [-0.05, 0) is 35.4 Å². The van der Waals surface area contributed by atoms with Gasteiger partial charge >= 0.3 is 0 Å². The maximum atomic E-state index is 13.2. The van der Waals surface area contributed by atoms with Crippen molar-refractivity contribution in [2.24, 2.45) is 5.73 Å². The third-order valence-electron chi connectivity index (χ3n) is 5.14. The summed E-state index contributed by atoms with van der Waals surface area (Å²) in [6, 6.07) is 11.3. The van der Waals surface area contributed by atoms with Crippen molar-refractivity contribution in [1.29, 1.82) is 5.41 Å². The summed E-state index contributed by atoms with van der Waals surface area (Å²) >= 11 is 0. The topological polar surface area (TPSA) is 92.0 Å². The standard InChI is InChI=1S/C21H21N3O2/c1-21(2)16-10-13(26-8-7-22)4-6-14(16)19(25)18-15-5-3-12(11-23)9-17(15)24-20(18)21/h3-6,9-11,23-24H,7-8,22H2,1-2H3. The molecule has 0 saturated carbocycles. The van der Waals surface area contributed by atoms with E-state index in [1.807, 2.05) is 36.4 Å². The van der Waals surface area contributed by atoms with Crippen molar-refractivity contribution in [3.05, 3.63) is 64.3 Å². The Bertz CT molecular complexity index is 1050. The number of nitrogens with two attached hydrogens (primary N) is 1. The summed E-state index contributed by atoms with van der Waals surface area (Å²) in [6.07, 6.45) is 1.31. The molecule has 1 aliphatic carbocycles. The van der Waals surface area contributed by atoms with Crippen molar-refractivity contribution in [2.45, 2.75) is 19.3 Å². The van der Waals surface area contributed by atoms with Crippen LogP contribution in [0.1, 0.15) is 46.6 Å². The zero-order valence-electron chi connectivity index (χ0n) is 14.8. The Morgan fingerprint density at radius 3 is 2.77 bits per heavy atom. The first kappa shape index (κ1) is 16.5. The number of hydrogen-bond donors (Lipinski definition) is 3. The predicted octanol–water partition coefficient (Wildman–Crippen LogP) is 3.37. The van der Waals surface area contributed by atoms with Gasteiger partial charge in [-0.1, -0.05) is 26.0 Å². The molecule has 1 aromatic heterocycles. The van der Waals surface area contributed by atoms with Gasteiger partial charge in [0.05, 0.1) is 5.56 Å². The summed E-state index contributed by atoms with van der Waals surface area (Å²) in [5.74, 6) is 0.745. The Morgan fingerprint density at radius 1 is 1.23 bits per heavy atom. The molecule has 5 heteroatoms. The van der Waals surface area contributed by atoms with Crippen LogP contribution < -0.4 is 10.5 Å². The lowest BCUT2D eigenvalue weighted by Gasteiger charge is -2.32. The van der Waals surface area contributed by atoms with Gasteiger partial charge in [0.25, 0.3) is 0 Å². The number of ketones is 1. The molecule has 4 N–H and O–H groups in total. The third kappa shape index (κ3) is 2.28. The Kier molecular flexibility index (Phi) is 3.70. The molecule has 4 rings (SSSR count). The molecule has 0 amide bonds. The molecule has 2 aromatic carbocycles. The van der Waals surface area contributed by atoms with E-state index in [0.29, 0.717) is 18.7 Å². The molecule has 132 valence electrons. The van der Waals surface area contributed by atoms with E-state index in [2.05, 4.69) is 18.8 Å². The molecule has 0 aliphatic heterocycles. The van der Waals surface area contributed by atoms with Crippen LogP contribution in [0.15, 0.2) is 36.4 Å². The van der Waals surface area contributed by atoms with Crippen molar-refractivity contribution in [3.8, 4) is 5.75 Å². The first-order valence-electron chi connectivity index (χ1n) is 8.66. The average Bonchev–Trinajstić information content (AvgIpc) is 3.04. The Morgan fingerprint density at radius 2 is 2.04 bits per heavy atom. The predicted molar refractivity (Wildman–Crippen MR) is 103 cm³/mol. The molecule has 0 unspecified atom stereocenters. The minimum Gasteiger partial charge on any atom is -0.492 e. The number of H-pyrrole nitrogens is 1. The number of rotatable bonds is 4. The largest absolute Gasteiger partial charge is 0.492 e. The second-order valence-corrected chi connectivity index (χ2v) is 7.12. The molecule has 26 heavy (non-hydrogen) atoms. The number of benzene rings is 2. The van der Waals surface area contributed by atoms with Crippen LogP contribution in [0, 0.1) is 5.41 Å².